The van der Waals surface area contributed by atoms with Crippen molar-refractivity contribution >= 4 is 45.8 Å². The van der Waals surface area contributed by atoms with Crippen LogP contribution in [0.3, 0.4) is 0 Å². The van der Waals surface area contributed by atoms with Crippen molar-refractivity contribution in [3.63, 3.8) is 0 Å². The number of aromatic nitrogens is 3. The lowest BCUT2D eigenvalue weighted by Crippen LogP contribution is -2.18. The Bertz CT molecular complexity index is 1050. The van der Waals surface area contributed by atoms with Crippen LogP contribution in [0.25, 0.3) is 10.9 Å². The molecular weight excluding hydrogens is 391 g/mol. The molecule has 0 bridgehead atoms. The second-order valence-electron chi connectivity index (χ2n) is 5.31. The Morgan fingerprint density at radius 2 is 1.96 bits per heavy atom. The van der Waals surface area contributed by atoms with Gasteiger partial charge in [-0.3, -0.25) is 4.79 Å². The summed E-state index contributed by atoms with van der Waals surface area (Å²) in [5, 5.41) is 13.1. The average molecular weight is 409 g/mol. The maximum absolute atomic E-state index is 12.2. The molecule has 7 nitrogen and oxygen atoms in total. The lowest BCUT2D eigenvalue weighted by Gasteiger charge is -2.11. The van der Waals surface area contributed by atoms with Crippen molar-refractivity contribution in [2.45, 2.75) is 20.4 Å². The summed E-state index contributed by atoms with van der Waals surface area (Å²) in [4.78, 5) is 31.6. The summed E-state index contributed by atoms with van der Waals surface area (Å²) in [6.07, 6.45) is 1.43. The van der Waals surface area contributed by atoms with Crippen LogP contribution in [-0.4, -0.2) is 25.6 Å². The third-order valence-corrected chi connectivity index (χ3v) is 4.03. The van der Waals surface area contributed by atoms with E-state index < -0.39 is 5.97 Å². The number of rotatable bonds is 4. The fourth-order valence-corrected chi connectivity index (χ4v) is 2.81. The molecule has 0 saturated heterocycles. The molecule has 0 amide bonds. The molecule has 0 aliphatic rings. The molecule has 0 unspecified atom stereocenters. The lowest BCUT2D eigenvalue weighted by molar-refractivity contribution is 0.0691. The van der Waals surface area contributed by atoms with E-state index in [9.17, 15) is 14.7 Å². The SMILES string of the molecule is CC.Cn1cnc2c(CNc3ccc(Cl)nc3C(=O)O)cc(Cl)cc2c1=O. The minimum absolute atomic E-state index is 0.0846. The number of benzene rings is 1. The summed E-state index contributed by atoms with van der Waals surface area (Å²) >= 11 is 11.8. The van der Waals surface area contributed by atoms with Crippen LogP contribution < -0.4 is 10.9 Å². The third-order valence-electron chi connectivity index (χ3n) is 3.60. The molecule has 0 radical (unpaired) electrons. The van der Waals surface area contributed by atoms with Gasteiger partial charge in [-0.2, -0.15) is 0 Å². The number of carboxylic acids is 1. The molecule has 0 aliphatic carbocycles. The van der Waals surface area contributed by atoms with Crippen LogP contribution in [0.2, 0.25) is 10.2 Å². The first-order valence-electron chi connectivity index (χ1n) is 8.14. The predicted molar refractivity (Wildman–Crippen MR) is 107 cm³/mol. The van der Waals surface area contributed by atoms with Crippen LogP contribution in [0.15, 0.2) is 35.4 Å². The number of nitrogens with zero attached hydrogens (tertiary/aromatic N) is 3. The van der Waals surface area contributed by atoms with E-state index in [1.54, 1.807) is 19.2 Å². The highest BCUT2D eigenvalue weighted by atomic mass is 35.5. The van der Waals surface area contributed by atoms with Gasteiger partial charge in [-0.05, 0) is 29.8 Å². The zero-order valence-electron chi connectivity index (χ0n) is 15.0. The molecule has 3 aromatic rings. The normalized spacial score (nSPS) is 10.3. The van der Waals surface area contributed by atoms with Gasteiger partial charge in [0.2, 0.25) is 0 Å². The zero-order valence-corrected chi connectivity index (χ0v) is 16.5. The Balaban J connectivity index is 0.00000126. The molecule has 0 aliphatic heterocycles. The van der Waals surface area contributed by atoms with Gasteiger partial charge in [0.1, 0.15) is 5.15 Å². The van der Waals surface area contributed by atoms with E-state index in [4.69, 9.17) is 23.2 Å². The van der Waals surface area contributed by atoms with Gasteiger partial charge in [0.25, 0.3) is 5.56 Å². The van der Waals surface area contributed by atoms with Crippen LogP contribution in [0.1, 0.15) is 29.9 Å². The first kappa shape index (κ1) is 20.7. The molecule has 1 aromatic carbocycles. The third kappa shape index (κ3) is 4.56. The van der Waals surface area contributed by atoms with E-state index in [-0.39, 0.29) is 23.0 Å². The summed E-state index contributed by atoms with van der Waals surface area (Å²) in [7, 11) is 1.60. The fourth-order valence-electron chi connectivity index (χ4n) is 2.42. The van der Waals surface area contributed by atoms with Gasteiger partial charge in [0, 0.05) is 18.6 Å². The second kappa shape index (κ2) is 8.83. The van der Waals surface area contributed by atoms with Gasteiger partial charge in [0.15, 0.2) is 5.69 Å². The summed E-state index contributed by atoms with van der Waals surface area (Å²) in [5.41, 5.74) is 1.05. The molecule has 3 rings (SSSR count). The Morgan fingerprint density at radius 3 is 2.63 bits per heavy atom. The van der Waals surface area contributed by atoms with Crippen molar-refractivity contribution < 1.29 is 9.90 Å². The van der Waals surface area contributed by atoms with Crippen molar-refractivity contribution in [3.8, 4) is 0 Å². The van der Waals surface area contributed by atoms with E-state index >= 15 is 0 Å². The van der Waals surface area contributed by atoms with Crippen molar-refractivity contribution in [3.05, 3.63) is 62.4 Å². The zero-order chi connectivity index (χ0) is 20.1. The van der Waals surface area contributed by atoms with Crippen LogP contribution >= 0.6 is 23.2 Å². The molecule has 9 heteroatoms. The summed E-state index contributed by atoms with van der Waals surface area (Å²) in [5.74, 6) is -1.20. The van der Waals surface area contributed by atoms with E-state index in [2.05, 4.69) is 15.3 Å². The number of hydrogen-bond acceptors (Lipinski definition) is 5. The topological polar surface area (TPSA) is 97.1 Å². The molecular formula is C18H18Cl2N4O3. The number of carbonyl (C=O) groups is 1. The van der Waals surface area contributed by atoms with Gasteiger partial charge in [0.05, 0.1) is 22.9 Å². The smallest absolute Gasteiger partial charge is 0.356 e. The number of nitrogens with one attached hydrogen (secondary N) is 1. The number of carboxylic acid groups (broad SMARTS) is 1. The van der Waals surface area contributed by atoms with Crippen molar-refractivity contribution in [2.24, 2.45) is 7.05 Å². The number of halogens is 2. The molecule has 27 heavy (non-hydrogen) atoms. The molecule has 0 fully saturated rings. The van der Waals surface area contributed by atoms with E-state index in [1.807, 2.05) is 13.8 Å². The second-order valence-corrected chi connectivity index (χ2v) is 6.13. The predicted octanol–water partition coefficient (Wildman–Crippen LogP) is 3.97. The quantitative estimate of drug-likeness (QED) is 0.633. The summed E-state index contributed by atoms with van der Waals surface area (Å²) in [6, 6.07) is 6.24. The highest BCUT2D eigenvalue weighted by Crippen LogP contribution is 2.23. The highest BCUT2D eigenvalue weighted by Gasteiger charge is 2.14. The maximum atomic E-state index is 12.2. The Kier molecular flexibility index (Phi) is 6.76. The van der Waals surface area contributed by atoms with Gasteiger partial charge in [-0.1, -0.05) is 37.0 Å². The molecule has 0 atom stereocenters. The lowest BCUT2D eigenvalue weighted by atomic mass is 10.1. The van der Waals surface area contributed by atoms with Crippen molar-refractivity contribution in [1.29, 1.82) is 0 Å². The van der Waals surface area contributed by atoms with Gasteiger partial charge < -0.3 is 15.0 Å². The van der Waals surface area contributed by atoms with Crippen LogP contribution in [0.4, 0.5) is 5.69 Å². The van der Waals surface area contributed by atoms with E-state index in [1.165, 1.54) is 23.0 Å². The maximum Gasteiger partial charge on any atom is 0.356 e. The van der Waals surface area contributed by atoms with Gasteiger partial charge in [-0.25, -0.2) is 14.8 Å². The van der Waals surface area contributed by atoms with E-state index in [0.29, 0.717) is 27.2 Å². The molecule has 2 aromatic heterocycles. The highest BCUT2D eigenvalue weighted by molar-refractivity contribution is 6.31. The number of hydrogen-bond donors (Lipinski definition) is 2. The Morgan fingerprint density at radius 1 is 1.26 bits per heavy atom. The fraction of sp³-hybridized carbons (Fsp3) is 0.222. The van der Waals surface area contributed by atoms with E-state index in [0.717, 1.165) is 0 Å². The van der Waals surface area contributed by atoms with Crippen LogP contribution in [-0.2, 0) is 13.6 Å². The van der Waals surface area contributed by atoms with Crippen molar-refractivity contribution in [2.75, 3.05) is 5.32 Å². The average Bonchev–Trinajstić information content (AvgIpc) is 2.65. The summed E-state index contributed by atoms with van der Waals surface area (Å²) in [6.45, 7) is 4.21. The molecule has 0 spiro atoms. The van der Waals surface area contributed by atoms with Crippen molar-refractivity contribution in [1.82, 2.24) is 14.5 Å². The summed E-state index contributed by atoms with van der Waals surface area (Å²) < 4.78 is 1.36. The number of anilines is 1. The number of pyridine rings is 1. The first-order valence-corrected chi connectivity index (χ1v) is 8.90. The number of aryl methyl sites for hydroxylation is 1. The molecule has 2 N–H and O–H groups in total. The monoisotopic (exact) mass is 408 g/mol. The minimum atomic E-state index is -1.20. The Labute approximate surface area is 165 Å². The molecule has 142 valence electrons. The Hall–Kier alpha value is -2.64. The number of aromatic carboxylic acids is 1. The van der Waals surface area contributed by atoms with Crippen LogP contribution in [0, 0.1) is 0 Å². The largest absolute Gasteiger partial charge is 0.476 e. The van der Waals surface area contributed by atoms with Gasteiger partial charge in [-0.15, -0.1) is 0 Å². The number of fused-ring (bicyclic) bond motifs is 1. The standard InChI is InChI=1S/C16H12Cl2N4O3.C2H6/c1-22-7-20-13-8(4-9(17)5-10(13)15(22)23)6-19-11-2-3-12(18)21-14(11)16(24)25;1-2/h2-5,7,19H,6H2,1H3,(H,24,25);1-2H3. The molecule has 0 saturated carbocycles. The minimum Gasteiger partial charge on any atom is -0.476 e. The first-order chi connectivity index (χ1) is 12.9. The van der Waals surface area contributed by atoms with Gasteiger partial charge >= 0.3 is 5.97 Å². The molecule has 2 heterocycles. The van der Waals surface area contributed by atoms with Crippen LogP contribution in [0.5, 0.6) is 0 Å².